The van der Waals surface area contributed by atoms with Gasteiger partial charge in [-0.1, -0.05) is 36.4 Å². The van der Waals surface area contributed by atoms with Crippen molar-refractivity contribution in [3.8, 4) is 0 Å². The number of primary amides is 1. The van der Waals surface area contributed by atoms with Gasteiger partial charge < -0.3 is 16.2 Å². The van der Waals surface area contributed by atoms with Gasteiger partial charge in [0.05, 0.1) is 6.61 Å². The van der Waals surface area contributed by atoms with Crippen LogP contribution in [0, 0.1) is 0 Å². The number of hydrogen-bond acceptors (Lipinski definition) is 4. The molecular formula is C18H22N2O2S. The van der Waals surface area contributed by atoms with Crippen molar-refractivity contribution in [3.05, 3.63) is 59.7 Å². The second kappa shape index (κ2) is 8.60. The van der Waals surface area contributed by atoms with E-state index in [2.05, 4.69) is 12.2 Å². The first-order valence-corrected chi connectivity index (χ1v) is 8.55. The molecule has 0 aliphatic rings. The third kappa shape index (κ3) is 5.30. The summed E-state index contributed by atoms with van der Waals surface area (Å²) in [7, 11) is 0. The molecule has 0 bridgehead atoms. The molecule has 0 heterocycles. The van der Waals surface area contributed by atoms with E-state index in [4.69, 9.17) is 5.73 Å². The third-order valence-electron chi connectivity index (χ3n) is 3.50. The molecule has 122 valence electrons. The first-order chi connectivity index (χ1) is 11.1. The lowest BCUT2D eigenvalue weighted by atomic mass is 10.1. The predicted octanol–water partition coefficient (Wildman–Crippen LogP) is 3.32. The number of nitrogens with one attached hydrogen (secondary N) is 1. The van der Waals surface area contributed by atoms with E-state index in [0.29, 0.717) is 12.2 Å². The van der Waals surface area contributed by atoms with Crippen molar-refractivity contribution in [1.29, 1.82) is 0 Å². The van der Waals surface area contributed by atoms with Crippen LogP contribution in [0.4, 0.5) is 5.69 Å². The summed E-state index contributed by atoms with van der Waals surface area (Å²) in [6.45, 7) is 2.13. The Morgan fingerprint density at radius 1 is 1.26 bits per heavy atom. The van der Waals surface area contributed by atoms with E-state index in [9.17, 15) is 9.90 Å². The zero-order valence-corrected chi connectivity index (χ0v) is 14.0. The van der Waals surface area contributed by atoms with Crippen LogP contribution in [0.2, 0.25) is 0 Å². The van der Waals surface area contributed by atoms with Gasteiger partial charge in [-0.25, -0.2) is 0 Å². The number of amides is 1. The summed E-state index contributed by atoms with van der Waals surface area (Å²) in [5, 5.41) is 12.8. The molecule has 2 aromatic rings. The molecule has 4 N–H and O–H groups in total. The van der Waals surface area contributed by atoms with Gasteiger partial charge in [0.2, 0.25) is 5.91 Å². The van der Waals surface area contributed by atoms with E-state index >= 15 is 0 Å². The third-order valence-corrected chi connectivity index (χ3v) is 4.57. The predicted molar refractivity (Wildman–Crippen MR) is 95.4 cm³/mol. The average Bonchev–Trinajstić information content (AvgIpc) is 2.56. The number of hydrogen-bond donors (Lipinski definition) is 3. The zero-order chi connectivity index (χ0) is 16.7. The molecule has 0 saturated carbocycles. The van der Waals surface area contributed by atoms with Crippen LogP contribution in [0.15, 0.2) is 53.4 Å². The van der Waals surface area contributed by atoms with Crippen LogP contribution in [0.25, 0.3) is 0 Å². The van der Waals surface area contributed by atoms with Crippen molar-refractivity contribution in [3.63, 3.8) is 0 Å². The maximum atomic E-state index is 10.9. The number of benzene rings is 2. The average molecular weight is 330 g/mol. The molecule has 0 aromatic heterocycles. The van der Waals surface area contributed by atoms with Crippen molar-refractivity contribution in [2.75, 3.05) is 11.1 Å². The number of nitrogens with two attached hydrogens (primary N) is 1. The summed E-state index contributed by atoms with van der Waals surface area (Å²) in [5.74, 6) is 0.389. The summed E-state index contributed by atoms with van der Waals surface area (Å²) in [6.07, 6.45) is 0.368. The Morgan fingerprint density at radius 3 is 2.78 bits per heavy atom. The fourth-order valence-corrected chi connectivity index (χ4v) is 3.23. The lowest BCUT2D eigenvalue weighted by Crippen LogP contribution is -2.11. The fourth-order valence-electron chi connectivity index (χ4n) is 2.25. The minimum absolute atomic E-state index is 0.0418. The molecule has 0 aliphatic heterocycles. The van der Waals surface area contributed by atoms with Crippen molar-refractivity contribution in [2.45, 2.75) is 30.9 Å². The molecule has 0 spiro atoms. The van der Waals surface area contributed by atoms with Gasteiger partial charge in [-0.05, 0) is 30.2 Å². The summed E-state index contributed by atoms with van der Waals surface area (Å²) in [5.41, 5.74) is 8.24. The van der Waals surface area contributed by atoms with Gasteiger partial charge >= 0.3 is 0 Å². The summed E-state index contributed by atoms with van der Waals surface area (Å²) in [6, 6.07) is 16.0. The molecule has 23 heavy (non-hydrogen) atoms. The maximum Gasteiger partial charge on any atom is 0.218 e. The Kier molecular flexibility index (Phi) is 6.50. The number of carbonyl (C=O) groups excluding carboxylic acids is 1. The molecular weight excluding hydrogens is 308 g/mol. The Hall–Kier alpha value is -1.98. The number of rotatable bonds is 8. The Labute approximate surface area is 141 Å². The lowest BCUT2D eigenvalue weighted by Gasteiger charge is -2.19. The largest absolute Gasteiger partial charge is 0.392 e. The van der Waals surface area contributed by atoms with Crippen molar-refractivity contribution < 1.29 is 9.90 Å². The SMILES string of the molecule is CC(Nc1ccccc1SCCC(N)=O)c1cccc(CO)c1. The van der Waals surface area contributed by atoms with Gasteiger partial charge in [-0.2, -0.15) is 0 Å². The Balaban J connectivity index is 2.07. The number of thioether (sulfide) groups is 1. The molecule has 1 atom stereocenters. The van der Waals surface area contributed by atoms with E-state index in [0.717, 1.165) is 21.7 Å². The van der Waals surface area contributed by atoms with Crippen molar-refractivity contribution >= 4 is 23.4 Å². The first-order valence-electron chi connectivity index (χ1n) is 7.56. The van der Waals surface area contributed by atoms with Gasteiger partial charge in [0, 0.05) is 28.8 Å². The number of anilines is 1. The van der Waals surface area contributed by atoms with E-state index in [-0.39, 0.29) is 18.6 Å². The highest BCUT2D eigenvalue weighted by Crippen LogP contribution is 2.30. The van der Waals surface area contributed by atoms with Crippen molar-refractivity contribution in [1.82, 2.24) is 0 Å². The molecule has 1 amide bonds. The minimum Gasteiger partial charge on any atom is -0.392 e. The number of carbonyl (C=O) groups is 1. The highest BCUT2D eigenvalue weighted by molar-refractivity contribution is 7.99. The van der Waals surface area contributed by atoms with Crippen LogP contribution in [0.1, 0.15) is 30.5 Å². The normalized spacial score (nSPS) is 11.9. The second-order valence-electron chi connectivity index (χ2n) is 5.33. The molecule has 1 unspecified atom stereocenters. The molecule has 0 saturated heterocycles. The smallest absolute Gasteiger partial charge is 0.218 e. The number of para-hydroxylation sites is 1. The van der Waals surface area contributed by atoms with Crippen LogP contribution >= 0.6 is 11.8 Å². The monoisotopic (exact) mass is 330 g/mol. The van der Waals surface area contributed by atoms with E-state index in [1.54, 1.807) is 11.8 Å². The van der Waals surface area contributed by atoms with E-state index in [1.165, 1.54) is 0 Å². The van der Waals surface area contributed by atoms with Crippen molar-refractivity contribution in [2.24, 2.45) is 5.73 Å². The van der Waals surface area contributed by atoms with Gasteiger partial charge in [-0.3, -0.25) is 4.79 Å². The fraction of sp³-hybridized carbons (Fsp3) is 0.278. The molecule has 4 nitrogen and oxygen atoms in total. The van der Waals surface area contributed by atoms with Crippen LogP contribution in [-0.4, -0.2) is 16.8 Å². The molecule has 0 radical (unpaired) electrons. The maximum absolute atomic E-state index is 10.9. The summed E-state index contributed by atoms with van der Waals surface area (Å²) in [4.78, 5) is 12.0. The lowest BCUT2D eigenvalue weighted by molar-refractivity contribution is -0.117. The Morgan fingerprint density at radius 2 is 2.04 bits per heavy atom. The van der Waals surface area contributed by atoms with Gasteiger partial charge in [0.1, 0.15) is 0 Å². The van der Waals surface area contributed by atoms with Gasteiger partial charge in [0.15, 0.2) is 0 Å². The topological polar surface area (TPSA) is 75.3 Å². The second-order valence-corrected chi connectivity index (χ2v) is 6.47. The van der Waals surface area contributed by atoms with Gasteiger partial charge in [0.25, 0.3) is 0 Å². The zero-order valence-electron chi connectivity index (χ0n) is 13.2. The van der Waals surface area contributed by atoms with Crippen LogP contribution in [0.3, 0.4) is 0 Å². The number of aliphatic hydroxyl groups is 1. The molecule has 0 aliphatic carbocycles. The molecule has 2 rings (SSSR count). The van der Waals surface area contributed by atoms with Crippen LogP contribution in [-0.2, 0) is 11.4 Å². The van der Waals surface area contributed by atoms with Crippen LogP contribution < -0.4 is 11.1 Å². The highest BCUT2D eigenvalue weighted by Gasteiger charge is 2.09. The molecule has 0 fully saturated rings. The van der Waals surface area contributed by atoms with E-state index < -0.39 is 0 Å². The first kappa shape index (κ1) is 17.4. The number of aliphatic hydroxyl groups excluding tert-OH is 1. The Bertz CT molecular complexity index is 661. The van der Waals surface area contributed by atoms with Gasteiger partial charge in [-0.15, -0.1) is 11.8 Å². The molecule has 2 aromatic carbocycles. The quantitative estimate of drug-likeness (QED) is 0.649. The highest BCUT2D eigenvalue weighted by atomic mass is 32.2. The van der Waals surface area contributed by atoms with Crippen LogP contribution in [0.5, 0.6) is 0 Å². The molecule has 5 heteroatoms. The summed E-state index contributed by atoms with van der Waals surface area (Å²) < 4.78 is 0. The summed E-state index contributed by atoms with van der Waals surface area (Å²) >= 11 is 1.62. The standard InChI is InChI=1S/C18H22N2O2S/c1-13(15-6-4-5-14(11-15)12-21)20-16-7-2-3-8-17(16)23-10-9-18(19)22/h2-8,11,13,20-21H,9-10,12H2,1H3,(H2,19,22). The minimum atomic E-state index is -0.280. The van der Waals surface area contributed by atoms with E-state index in [1.807, 2.05) is 48.5 Å².